The van der Waals surface area contributed by atoms with Crippen LogP contribution in [0, 0.1) is 0 Å². The maximum atomic E-state index is 13.1. The highest BCUT2D eigenvalue weighted by molar-refractivity contribution is 7.47. The molecule has 17 nitrogen and oxygen atoms in total. The van der Waals surface area contributed by atoms with Crippen LogP contribution in [0.2, 0.25) is 0 Å². The smallest absolute Gasteiger partial charge is 0.462 e. The Balaban J connectivity index is 5.36. The number of esters is 4. The topological polar surface area (TPSA) is 237 Å². The van der Waals surface area contributed by atoms with Crippen LogP contribution in [0.5, 0.6) is 0 Å². The monoisotopic (exact) mass is 1390 g/mol. The Bertz CT molecular complexity index is 2050. The highest BCUT2D eigenvalue weighted by Crippen LogP contribution is 2.45. The van der Waals surface area contributed by atoms with Crippen molar-refractivity contribution in [2.24, 2.45) is 0 Å². The fourth-order valence-electron chi connectivity index (χ4n) is 9.83. The number of hydrogen-bond donors (Lipinski definition) is 3. The molecule has 0 fully saturated rings. The van der Waals surface area contributed by atoms with E-state index in [4.69, 9.17) is 37.0 Å². The zero-order chi connectivity index (χ0) is 70.4. The van der Waals surface area contributed by atoms with Gasteiger partial charge in [0.05, 0.1) is 26.4 Å². The van der Waals surface area contributed by atoms with Crippen LogP contribution < -0.4 is 0 Å². The second kappa shape index (κ2) is 69.5. The van der Waals surface area contributed by atoms with E-state index in [1.54, 1.807) is 0 Å². The molecule has 3 N–H and O–H groups in total. The number of carbonyl (C=O) groups is 4. The summed E-state index contributed by atoms with van der Waals surface area (Å²) < 4.78 is 68.4. The summed E-state index contributed by atoms with van der Waals surface area (Å²) in [5.41, 5.74) is 0. The average Bonchev–Trinajstić information content (AvgIpc) is 1.14. The van der Waals surface area contributed by atoms with Gasteiger partial charge in [-0.25, -0.2) is 9.13 Å². The lowest BCUT2D eigenvalue weighted by Crippen LogP contribution is -2.30. The van der Waals surface area contributed by atoms with Crippen LogP contribution in [0.3, 0.4) is 0 Å². The summed E-state index contributed by atoms with van der Waals surface area (Å²) in [5, 5.41) is 10.6. The summed E-state index contributed by atoms with van der Waals surface area (Å²) in [7, 11) is -9.95. The van der Waals surface area contributed by atoms with Gasteiger partial charge in [-0.3, -0.25) is 37.3 Å². The third-order valence-electron chi connectivity index (χ3n) is 15.5. The molecule has 554 valence electrons. The van der Waals surface area contributed by atoms with Crippen LogP contribution in [0.1, 0.15) is 310 Å². The first-order valence-corrected chi connectivity index (χ1v) is 40.5. The Morgan fingerprint density at radius 1 is 0.302 bits per heavy atom. The van der Waals surface area contributed by atoms with Crippen molar-refractivity contribution in [2.45, 2.75) is 329 Å². The van der Waals surface area contributed by atoms with Gasteiger partial charge in [0.25, 0.3) is 0 Å². The Labute approximate surface area is 582 Å². The average molecular weight is 1390 g/mol. The lowest BCUT2D eigenvalue weighted by Gasteiger charge is -2.21. The lowest BCUT2D eigenvalue weighted by atomic mass is 10.1. The molecule has 0 aromatic heterocycles. The summed E-state index contributed by atoms with van der Waals surface area (Å²) in [6, 6.07) is 0. The Kier molecular flexibility index (Phi) is 66.6. The van der Waals surface area contributed by atoms with Gasteiger partial charge in [-0.15, -0.1) is 0 Å². The molecule has 0 heterocycles. The molecule has 0 spiro atoms. The van der Waals surface area contributed by atoms with Crippen molar-refractivity contribution in [1.82, 2.24) is 0 Å². The number of unbranched alkanes of at least 4 members (excludes halogenated alkanes) is 28. The van der Waals surface area contributed by atoms with E-state index in [2.05, 4.69) is 125 Å². The molecule has 4 unspecified atom stereocenters. The van der Waals surface area contributed by atoms with Crippen molar-refractivity contribution >= 4 is 39.5 Å². The molecule has 0 rings (SSSR count). The van der Waals surface area contributed by atoms with Crippen molar-refractivity contribution in [3.05, 3.63) is 97.2 Å². The van der Waals surface area contributed by atoms with Crippen molar-refractivity contribution in [3.8, 4) is 0 Å². The highest BCUT2D eigenvalue weighted by atomic mass is 31.2. The molecular weight excluding hydrogens is 1260 g/mol. The van der Waals surface area contributed by atoms with Gasteiger partial charge < -0.3 is 33.8 Å². The van der Waals surface area contributed by atoms with Gasteiger partial charge in [0.2, 0.25) is 0 Å². The number of carbonyl (C=O) groups excluding carboxylic acids is 4. The van der Waals surface area contributed by atoms with E-state index in [1.165, 1.54) is 51.4 Å². The van der Waals surface area contributed by atoms with Crippen molar-refractivity contribution in [1.29, 1.82) is 0 Å². The Morgan fingerprint density at radius 3 is 0.844 bits per heavy atom. The fraction of sp³-hybridized carbons (Fsp3) is 0.740. The summed E-state index contributed by atoms with van der Waals surface area (Å²) in [5.74, 6) is -2.22. The molecule has 0 saturated carbocycles. The van der Waals surface area contributed by atoms with E-state index in [-0.39, 0.29) is 25.7 Å². The molecule has 4 atom stereocenters. The molecule has 0 amide bonds. The predicted molar refractivity (Wildman–Crippen MR) is 390 cm³/mol. The number of phosphoric acid groups is 2. The zero-order valence-electron chi connectivity index (χ0n) is 60.3. The summed E-state index contributed by atoms with van der Waals surface area (Å²) in [6.45, 7) is 4.57. The van der Waals surface area contributed by atoms with E-state index in [9.17, 15) is 43.2 Å². The summed E-state index contributed by atoms with van der Waals surface area (Å²) in [4.78, 5) is 72.8. The zero-order valence-corrected chi connectivity index (χ0v) is 62.1. The molecule has 0 aromatic rings. The fourth-order valence-corrected chi connectivity index (χ4v) is 11.4. The van der Waals surface area contributed by atoms with Gasteiger partial charge in [-0.2, -0.15) is 0 Å². The Morgan fingerprint density at radius 2 is 0.542 bits per heavy atom. The number of aliphatic hydroxyl groups excluding tert-OH is 1. The number of rotatable bonds is 70. The predicted octanol–water partition coefficient (Wildman–Crippen LogP) is 21.2. The second-order valence-corrected chi connectivity index (χ2v) is 27.7. The maximum absolute atomic E-state index is 13.1. The maximum Gasteiger partial charge on any atom is 0.472 e. The molecule has 19 heteroatoms. The summed E-state index contributed by atoms with van der Waals surface area (Å²) >= 11 is 0. The minimum absolute atomic E-state index is 0.0808. The minimum Gasteiger partial charge on any atom is -0.462 e. The number of aliphatic hydroxyl groups is 1. The van der Waals surface area contributed by atoms with E-state index in [0.29, 0.717) is 25.7 Å². The SMILES string of the molecule is CC/C=C\C/C=C\C/C=C\CCCCCCCC(=O)OCC(COP(=O)(O)OCC(O)COP(=O)(O)OCC(COC(=O)CCCCCCC/C=C\C/C=C\C/C=C\CC)OC(=O)CCCCCCC/C=C\CCCCCC)OC(=O)CCCCCCC/C=C\CCCCCC. The van der Waals surface area contributed by atoms with Crippen LogP contribution >= 0.6 is 15.6 Å². The number of allylic oxidation sites excluding steroid dienone is 16. The van der Waals surface area contributed by atoms with Crippen molar-refractivity contribution in [3.63, 3.8) is 0 Å². The quantitative estimate of drug-likeness (QED) is 0.0169. The molecule has 0 aliphatic heterocycles. The van der Waals surface area contributed by atoms with Crippen LogP contribution in [-0.4, -0.2) is 96.7 Å². The van der Waals surface area contributed by atoms with Crippen LogP contribution in [-0.2, 0) is 65.4 Å². The number of hydrogen-bond acceptors (Lipinski definition) is 15. The van der Waals surface area contributed by atoms with E-state index in [0.717, 1.165) is 180 Å². The van der Waals surface area contributed by atoms with E-state index < -0.39 is 97.5 Å². The number of phosphoric ester groups is 2. The van der Waals surface area contributed by atoms with Gasteiger partial charge in [0.1, 0.15) is 19.3 Å². The highest BCUT2D eigenvalue weighted by Gasteiger charge is 2.30. The molecule has 0 saturated heterocycles. The molecular formula is C77H134O17P2. The van der Waals surface area contributed by atoms with Crippen LogP contribution in [0.4, 0.5) is 0 Å². The van der Waals surface area contributed by atoms with Crippen molar-refractivity contribution in [2.75, 3.05) is 39.6 Å². The van der Waals surface area contributed by atoms with Gasteiger partial charge in [-0.05, 0) is 141 Å². The van der Waals surface area contributed by atoms with Gasteiger partial charge >= 0.3 is 39.5 Å². The van der Waals surface area contributed by atoms with Gasteiger partial charge in [0.15, 0.2) is 12.2 Å². The normalized spacial score (nSPS) is 14.5. The first-order valence-electron chi connectivity index (χ1n) is 37.5. The first-order chi connectivity index (χ1) is 46.7. The molecule has 0 aliphatic rings. The third-order valence-corrected chi connectivity index (χ3v) is 17.4. The molecule has 0 radical (unpaired) electrons. The largest absolute Gasteiger partial charge is 0.472 e. The van der Waals surface area contributed by atoms with E-state index in [1.807, 2.05) is 0 Å². The van der Waals surface area contributed by atoms with Crippen molar-refractivity contribution < 1.29 is 80.2 Å². The molecule has 0 aliphatic carbocycles. The van der Waals surface area contributed by atoms with E-state index >= 15 is 0 Å². The summed E-state index contributed by atoms with van der Waals surface area (Å²) in [6.07, 6.45) is 71.1. The molecule has 96 heavy (non-hydrogen) atoms. The third kappa shape index (κ3) is 68.5. The Hall–Kier alpha value is -4.02. The second-order valence-electron chi connectivity index (χ2n) is 24.8. The molecule has 0 aromatic carbocycles. The van der Waals surface area contributed by atoms with Crippen LogP contribution in [0.25, 0.3) is 0 Å². The minimum atomic E-state index is -4.98. The number of ether oxygens (including phenoxy) is 4. The molecule has 0 bridgehead atoms. The van der Waals surface area contributed by atoms with Gasteiger partial charge in [0, 0.05) is 25.7 Å². The first kappa shape index (κ1) is 92.0. The van der Waals surface area contributed by atoms with Crippen LogP contribution in [0.15, 0.2) is 97.2 Å². The lowest BCUT2D eigenvalue weighted by molar-refractivity contribution is -0.161. The van der Waals surface area contributed by atoms with Gasteiger partial charge in [-0.1, -0.05) is 240 Å². The standard InChI is InChI=1S/C77H134O17P2/c1-5-9-13-17-21-25-29-33-35-39-41-45-49-53-57-61-74(79)87-67-72(93-76(81)63-59-55-51-47-43-37-31-27-23-19-15-11-7-3)69-91-95(83,84)89-65-71(78)66-90-96(85,86)92-70-73(94-77(82)64-60-56-52-48-44-38-32-28-24-20-16-12-8-4)68-88-75(80)62-58-54-50-46-42-40-36-34-30-26-22-18-14-10-6-2/h9-10,13-14,21-22,25-28,31-36,71-73,78H,5-8,11-12,15-20,23-24,29-30,37-70H2,1-4H3,(H,83,84)(H,85,86)/b13-9-,14-10-,25-21-,26-22-,31-27-,32-28-,35-33-,36-34-.